The van der Waals surface area contributed by atoms with Gasteiger partial charge in [-0.05, 0) is 19.8 Å². The molecule has 0 radical (unpaired) electrons. The Morgan fingerprint density at radius 3 is 1.97 bits per heavy atom. The van der Waals surface area contributed by atoms with Gasteiger partial charge in [0.2, 0.25) is 0 Å². The van der Waals surface area contributed by atoms with Crippen LogP contribution in [0.25, 0.3) is 0 Å². The number of esters is 1. The second-order valence-corrected chi connectivity index (χ2v) is 9.44. The Labute approximate surface area is 163 Å². The number of alkyl halides is 5. The lowest BCUT2D eigenvalue weighted by Gasteiger charge is -2.34. The third-order valence-electron chi connectivity index (χ3n) is 3.93. The van der Waals surface area contributed by atoms with Crippen molar-refractivity contribution >= 4 is 26.2 Å². The Bertz CT molecular complexity index is 788. The summed E-state index contributed by atoms with van der Waals surface area (Å²) in [6.45, 7) is -2.46. The minimum absolute atomic E-state index is 0.111. The first-order chi connectivity index (χ1) is 13.0. The first-order valence-electron chi connectivity index (χ1n) is 8.17. The Morgan fingerprint density at radius 2 is 1.55 bits per heavy atom. The van der Waals surface area contributed by atoms with Gasteiger partial charge in [0.15, 0.2) is 0 Å². The fourth-order valence-electron chi connectivity index (χ4n) is 2.43. The van der Waals surface area contributed by atoms with Crippen LogP contribution < -0.4 is 0 Å². The number of carbonyl (C=O) groups is 1. The second-order valence-electron chi connectivity index (χ2n) is 6.07. The molecule has 0 aromatic heterocycles. The van der Waals surface area contributed by atoms with Gasteiger partial charge >= 0.3 is 33.3 Å². The van der Waals surface area contributed by atoms with Crippen LogP contribution in [0.3, 0.4) is 0 Å². The zero-order valence-electron chi connectivity index (χ0n) is 14.9. The fourth-order valence-corrected chi connectivity index (χ4v) is 4.23. The second kappa shape index (κ2) is 8.95. The number of rotatable bonds is 9. The van der Waals surface area contributed by atoms with Crippen molar-refractivity contribution in [3.8, 4) is 0 Å². The van der Waals surface area contributed by atoms with Gasteiger partial charge in [-0.15, -0.1) is 0 Å². The van der Waals surface area contributed by atoms with E-state index in [1.807, 2.05) is 0 Å². The maximum atomic E-state index is 13.6. The van der Waals surface area contributed by atoms with E-state index in [9.17, 15) is 43.6 Å². The molecule has 1 atom stereocenters. The summed E-state index contributed by atoms with van der Waals surface area (Å²) in [6.07, 6.45) is -5.04. The van der Waals surface area contributed by atoms with Crippen LogP contribution >= 0.6 is 0 Å². The van der Waals surface area contributed by atoms with Gasteiger partial charge in [0, 0.05) is 0 Å². The molecule has 29 heavy (non-hydrogen) atoms. The molecule has 1 saturated carbocycles. The van der Waals surface area contributed by atoms with Crippen molar-refractivity contribution in [3.63, 3.8) is 0 Å². The third-order valence-corrected chi connectivity index (χ3v) is 6.56. The van der Waals surface area contributed by atoms with E-state index in [2.05, 4.69) is 13.7 Å². The lowest BCUT2D eigenvalue weighted by molar-refractivity contribution is -0.346. The van der Waals surface area contributed by atoms with E-state index in [1.165, 1.54) is 0 Å². The summed E-state index contributed by atoms with van der Waals surface area (Å²) >= 11 is 0. The van der Waals surface area contributed by atoms with Crippen molar-refractivity contribution < 1.29 is 61.8 Å². The highest BCUT2D eigenvalue weighted by Crippen LogP contribution is 2.41. The van der Waals surface area contributed by atoms with Crippen molar-refractivity contribution in [3.05, 3.63) is 0 Å². The molecule has 1 aliphatic carbocycles. The summed E-state index contributed by atoms with van der Waals surface area (Å²) < 4.78 is 134. The first-order valence-corrected chi connectivity index (χ1v) is 11.1. The topological polar surface area (TPSA) is 133 Å². The van der Waals surface area contributed by atoms with E-state index in [1.54, 1.807) is 0 Å². The molecule has 0 aromatic carbocycles. The van der Waals surface area contributed by atoms with E-state index in [-0.39, 0.29) is 12.8 Å². The molecule has 1 fully saturated rings. The van der Waals surface area contributed by atoms with Crippen LogP contribution in [-0.2, 0) is 38.7 Å². The Kier molecular flexibility index (Phi) is 8.01. The van der Waals surface area contributed by atoms with Crippen LogP contribution in [0, 0.1) is 0 Å². The van der Waals surface area contributed by atoms with Crippen LogP contribution in [0.2, 0.25) is 0 Å². The van der Waals surface area contributed by atoms with Crippen LogP contribution in [-0.4, -0.2) is 63.0 Å². The molecule has 1 unspecified atom stereocenters. The summed E-state index contributed by atoms with van der Waals surface area (Å²) in [5, 5.41) is -6.79. The van der Waals surface area contributed by atoms with Gasteiger partial charge in [-0.25, -0.2) is 8.98 Å². The lowest BCUT2D eigenvalue weighted by atomic mass is 10.0. The van der Waals surface area contributed by atoms with Gasteiger partial charge in [-0.2, -0.15) is 38.8 Å². The number of hydrogen-bond donors (Lipinski definition) is 1. The van der Waals surface area contributed by atoms with E-state index in [0.717, 1.165) is 6.92 Å². The Balaban J connectivity index is 3.40. The van der Waals surface area contributed by atoms with Gasteiger partial charge in [-0.1, -0.05) is 19.3 Å². The van der Waals surface area contributed by atoms with E-state index in [0.29, 0.717) is 19.3 Å². The van der Waals surface area contributed by atoms with E-state index < -0.39 is 61.9 Å². The number of ether oxygens (including phenoxy) is 2. The standard InChI is InChI=1S/C13H19F5O9S2/c1-2-25-10(19)12(13(16,17)18,26-8-11(14,15)29(22,23)24)27-28(20,21)9-6-4-3-5-7-9/h9H,2-8H2,1H3,(H,22,23,24). The van der Waals surface area contributed by atoms with Gasteiger partial charge in [0.25, 0.3) is 10.1 Å². The molecule has 1 rings (SSSR count). The lowest BCUT2D eigenvalue weighted by Crippen LogP contribution is -2.60. The van der Waals surface area contributed by atoms with Crippen LogP contribution in [0.4, 0.5) is 22.0 Å². The molecule has 0 heterocycles. The van der Waals surface area contributed by atoms with Crippen molar-refractivity contribution in [1.82, 2.24) is 0 Å². The fraction of sp³-hybridized carbons (Fsp3) is 0.923. The summed E-state index contributed by atoms with van der Waals surface area (Å²) in [5.41, 5.74) is 0. The minimum atomic E-state index is -6.26. The van der Waals surface area contributed by atoms with Crippen LogP contribution in [0.1, 0.15) is 39.0 Å². The summed E-state index contributed by atoms with van der Waals surface area (Å²) in [4.78, 5) is 11.9. The molecule has 1 aliphatic rings. The quantitative estimate of drug-likeness (QED) is 0.174. The molecular formula is C13H19F5O9S2. The first kappa shape index (κ1) is 25.9. The SMILES string of the molecule is CCOC(=O)C(OCC(F)(F)S(=O)(=O)O)(OS(=O)(=O)C1CCCCC1)C(F)(F)F. The highest BCUT2D eigenvalue weighted by Gasteiger charge is 2.69. The molecule has 9 nitrogen and oxygen atoms in total. The molecule has 16 heteroatoms. The predicted octanol–water partition coefficient (Wildman–Crippen LogP) is 1.98. The number of halogens is 5. The van der Waals surface area contributed by atoms with Crippen molar-refractivity contribution in [2.24, 2.45) is 0 Å². The molecule has 0 aromatic rings. The predicted molar refractivity (Wildman–Crippen MR) is 84.7 cm³/mol. The van der Waals surface area contributed by atoms with Crippen molar-refractivity contribution in [2.75, 3.05) is 13.2 Å². The molecule has 0 aliphatic heterocycles. The van der Waals surface area contributed by atoms with Gasteiger partial charge in [-0.3, -0.25) is 4.55 Å². The van der Waals surface area contributed by atoms with Gasteiger partial charge in [0.1, 0.15) is 6.61 Å². The summed E-state index contributed by atoms with van der Waals surface area (Å²) in [7, 11) is -11.4. The van der Waals surface area contributed by atoms with Crippen LogP contribution in [0.15, 0.2) is 0 Å². The highest BCUT2D eigenvalue weighted by atomic mass is 32.2. The van der Waals surface area contributed by atoms with Gasteiger partial charge < -0.3 is 9.47 Å². The number of carbonyl (C=O) groups excluding carboxylic acids is 1. The van der Waals surface area contributed by atoms with Crippen molar-refractivity contribution in [1.29, 1.82) is 0 Å². The van der Waals surface area contributed by atoms with Crippen molar-refractivity contribution in [2.45, 2.75) is 61.5 Å². The summed E-state index contributed by atoms with van der Waals surface area (Å²) in [6, 6.07) is 0. The average molecular weight is 478 g/mol. The maximum Gasteiger partial charge on any atom is 0.456 e. The monoisotopic (exact) mass is 478 g/mol. The van der Waals surface area contributed by atoms with E-state index in [4.69, 9.17) is 4.55 Å². The molecule has 0 spiro atoms. The zero-order valence-corrected chi connectivity index (χ0v) is 16.6. The highest BCUT2D eigenvalue weighted by molar-refractivity contribution is 7.87. The molecule has 172 valence electrons. The average Bonchev–Trinajstić information content (AvgIpc) is 2.57. The molecule has 1 N–H and O–H groups in total. The molecule has 0 amide bonds. The zero-order chi connectivity index (χ0) is 22.7. The minimum Gasteiger partial charge on any atom is -0.462 e. The number of hydrogen-bond acceptors (Lipinski definition) is 8. The Hall–Kier alpha value is -1.10. The molecule has 0 saturated heterocycles. The van der Waals surface area contributed by atoms with Crippen LogP contribution in [0.5, 0.6) is 0 Å². The largest absolute Gasteiger partial charge is 0.462 e. The summed E-state index contributed by atoms with van der Waals surface area (Å²) in [5.74, 6) is -7.43. The van der Waals surface area contributed by atoms with Gasteiger partial charge in [0.05, 0.1) is 11.9 Å². The van der Waals surface area contributed by atoms with E-state index >= 15 is 0 Å². The molecular weight excluding hydrogens is 459 g/mol. The maximum absolute atomic E-state index is 13.6. The molecule has 0 bridgehead atoms. The smallest absolute Gasteiger partial charge is 0.456 e. The third kappa shape index (κ3) is 5.96. The Morgan fingerprint density at radius 1 is 1.03 bits per heavy atom. The normalized spacial score (nSPS) is 19.6.